The number of nitrogens with zero attached hydrogens (tertiary/aromatic N) is 2. The minimum Gasteiger partial charge on any atom is -0.457 e. The van der Waals surface area contributed by atoms with Crippen molar-refractivity contribution in [2.24, 2.45) is 0 Å². The first kappa shape index (κ1) is 22.7. The second-order valence-electron chi connectivity index (χ2n) is 6.37. The number of rotatable bonds is 8. The Kier molecular flexibility index (Phi) is 7.77. The van der Waals surface area contributed by atoms with Crippen molar-refractivity contribution in [3.63, 3.8) is 0 Å². The molecule has 0 aliphatic rings. The minimum absolute atomic E-state index is 0.0573. The summed E-state index contributed by atoms with van der Waals surface area (Å²) in [7, 11) is -3.59. The van der Waals surface area contributed by atoms with E-state index in [1.165, 1.54) is 0 Å². The number of amides is 3. The average molecular weight is 430 g/mol. The number of ether oxygens (including phenoxy) is 1. The van der Waals surface area contributed by atoms with E-state index >= 15 is 0 Å². The van der Waals surface area contributed by atoms with Gasteiger partial charge < -0.3 is 15.4 Å². The van der Waals surface area contributed by atoms with E-state index < -0.39 is 33.6 Å². The minimum atomic E-state index is -3.59. The van der Waals surface area contributed by atoms with Gasteiger partial charge in [-0.15, -0.1) is 0 Å². The lowest BCUT2D eigenvalue weighted by atomic mass is 10.3. The molecule has 0 saturated carbocycles. The molecule has 0 aromatic heterocycles. The van der Waals surface area contributed by atoms with Gasteiger partial charge in [0.25, 0.3) is 5.91 Å². The summed E-state index contributed by atoms with van der Waals surface area (Å²) in [5.74, 6) is -0.200. The van der Waals surface area contributed by atoms with Gasteiger partial charge in [-0.1, -0.05) is 18.2 Å². The van der Waals surface area contributed by atoms with Crippen molar-refractivity contribution >= 4 is 27.5 Å². The van der Waals surface area contributed by atoms with Crippen molar-refractivity contribution in [2.75, 3.05) is 23.9 Å². The molecular weight excluding hydrogens is 408 g/mol. The van der Waals surface area contributed by atoms with E-state index in [9.17, 15) is 18.0 Å². The van der Waals surface area contributed by atoms with E-state index in [0.717, 1.165) is 11.2 Å². The van der Waals surface area contributed by atoms with E-state index in [2.05, 4.69) is 10.6 Å². The van der Waals surface area contributed by atoms with Crippen LogP contribution >= 0.6 is 0 Å². The number of anilines is 1. The first-order chi connectivity index (χ1) is 14.2. The highest BCUT2D eigenvalue weighted by Crippen LogP contribution is 2.22. The van der Waals surface area contributed by atoms with Crippen LogP contribution in [0.15, 0.2) is 54.6 Å². The highest BCUT2D eigenvalue weighted by molar-refractivity contribution is 7.90. The fraction of sp³-hybridized carbons (Fsp3) is 0.250. The fourth-order valence-electron chi connectivity index (χ4n) is 2.50. The Labute approximate surface area is 175 Å². The second kappa shape index (κ2) is 10.3. The predicted octanol–water partition coefficient (Wildman–Crippen LogP) is 2.34. The van der Waals surface area contributed by atoms with Gasteiger partial charge in [0.2, 0.25) is 0 Å². The summed E-state index contributed by atoms with van der Waals surface area (Å²) in [4.78, 5) is 25.4. The van der Waals surface area contributed by atoms with Gasteiger partial charge in [0.15, 0.2) is 6.19 Å². The zero-order valence-electron chi connectivity index (χ0n) is 16.5. The molecule has 0 aliphatic heterocycles. The number of carbonyl (C=O) groups excluding carboxylic acids is 2. The predicted molar refractivity (Wildman–Crippen MR) is 112 cm³/mol. The Hall–Kier alpha value is -3.58. The quantitative estimate of drug-likeness (QED) is 0.489. The van der Waals surface area contributed by atoms with E-state index in [-0.39, 0.29) is 6.54 Å². The van der Waals surface area contributed by atoms with Crippen LogP contribution in [0.4, 0.5) is 10.5 Å². The summed E-state index contributed by atoms with van der Waals surface area (Å²) in [6.45, 7) is 1.62. The number of likely N-dealkylation sites (N-methyl/N-ethyl adjacent to an activating group) is 1. The van der Waals surface area contributed by atoms with Crippen LogP contribution < -0.4 is 15.4 Å². The lowest BCUT2D eigenvalue weighted by molar-refractivity contribution is -0.129. The highest BCUT2D eigenvalue weighted by atomic mass is 32.2. The molecule has 30 heavy (non-hydrogen) atoms. The first-order valence-corrected chi connectivity index (χ1v) is 11.1. The molecule has 2 rings (SSSR count). The van der Waals surface area contributed by atoms with Gasteiger partial charge in [-0.05, 0) is 43.3 Å². The Morgan fingerprint density at radius 1 is 1.10 bits per heavy atom. The summed E-state index contributed by atoms with van der Waals surface area (Å²) < 4.78 is 28.9. The number of hydrogen-bond acceptors (Lipinski definition) is 6. The van der Waals surface area contributed by atoms with Crippen molar-refractivity contribution in [2.45, 2.75) is 13.0 Å². The van der Waals surface area contributed by atoms with Crippen LogP contribution in [-0.2, 0) is 14.6 Å². The number of para-hydroxylation sites is 1. The zero-order chi connectivity index (χ0) is 22.1. The molecule has 0 fully saturated rings. The van der Waals surface area contributed by atoms with Crippen LogP contribution in [0, 0.1) is 11.5 Å². The van der Waals surface area contributed by atoms with Crippen LogP contribution in [0.2, 0.25) is 0 Å². The van der Waals surface area contributed by atoms with E-state index in [1.807, 2.05) is 18.2 Å². The molecule has 0 spiro atoms. The third-order valence-corrected chi connectivity index (χ3v) is 4.81. The normalized spacial score (nSPS) is 11.6. The van der Waals surface area contributed by atoms with E-state index in [1.54, 1.807) is 49.5 Å². The van der Waals surface area contributed by atoms with Crippen LogP contribution in [0.5, 0.6) is 11.5 Å². The molecule has 2 aromatic rings. The number of sulfone groups is 1. The molecule has 1 atom stereocenters. The molecule has 158 valence electrons. The molecule has 10 heteroatoms. The van der Waals surface area contributed by atoms with Gasteiger partial charge in [-0.3, -0.25) is 4.79 Å². The summed E-state index contributed by atoms with van der Waals surface area (Å²) in [5.41, 5.74) is 0.408. The largest absolute Gasteiger partial charge is 0.457 e. The van der Waals surface area contributed by atoms with Gasteiger partial charge in [0, 0.05) is 18.5 Å². The average Bonchev–Trinajstić information content (AvgIpc) is 2.69. The SMILES string of the molecule is CCN(C#N)C(=O)C(CS(C)(=O)=O)NC(=O)Nc1ccc(Oc2ccccc2)cc1. The maximum atomic E-state index is 12.4. The number of nitriles is 1. The van der Waals surface area contributed by atoms with Crippen LogP contribution in [0.3, 0.4) is 0 Å². The maximum Gasteiger partial charge on any atom is 0.319 e. The summed E-state index contributed by atoms with van der Waals surface area (Å²) in [5, 5.41) is 13.9. The Bertz CT molecular complexity index is 1020. The molecule has 0 heterocycles. The van der Waals surface area contributed by atoms with Crippen LogP contribution in [0.25, 0.3) is 0 Å². The molecule has 2 N–H and O–H groups in total. The lowest BCUT2D eigenvalue weighted by Gasteiger charge is -2.21. The molecular formula is C20H22N4O5S. The van der Waals surface area contributed by atoms with Crippen molar-refractivity contribution < 1.29 is 22.7 Å². The van der Waals surface area contributed by atoms with E-state index in [4.69, 9.17) is 10.00 Å². The summed E-state index contributed by atoms with van der Waals surface area (Å²) in [6, 6.07) is 13.5. The zero-order valence-corrected chi connectivity index (χ0v) is 17.3. The smallest absolute Gasteiger partial charge is 0.319 e. The molecule has 0 radical (unpaired) electrons. The van der Waals surface area contributed by atoms with Gasteiger partial charge in [-0.2, -0.15) is 5.26 Å². The third kappa shape index (κ3) is 7.10. The number of urea groups is 1. The maximum absolute atomic E-state index is 12.4. The number of carbonyl (C=O) groups is 2. The van der Waals surface area contributed by atoms with Crippen molar-refractivity contribution in [3.05, 3.63) is 54.6 Å². The van der Waals surface area contributed by atoms with Crippen LogP contribution in [-0.4, -0.2) is 49.9 Å². The fourth-order valence-corrected chi connectivity index (χ4v) is 3.33. The molecule has 0 aliphatic carbocycles. The number of benzene rings is 2. The molecule has 0 bridgehead atoms. The Balaban J connectivity index is 2.03. The molecule has 0 saturated heterocycles. The van der Waals surface area contributed by atoms with Crippen molar-refractivity contribution in [3.8, 4) is 17.7 Å². The van der Waals surface area contributed by atoms with Crippen molar-refractivity contribution in [1.29, 1.82) is 5.26 Å². The van der Waals surface area contributed by atoms with Gasteiger partial charge in [0.05, 0.1) is 5.75 Å². The monoisotopic (exact) mass is 430 g/mol. The summed E-state index contributed by atoms with van der Waals surface area (Å²) >= 11 is 0. The Morgan fingerprint density at radius 2 is 1.70 bits per heavy atom. The number of hydrogen-bond donors (Lipinski definition) is 2. The molecule has 1 unspecified atom stereocenters. The van der Waals surface area contributed by atoms with Gasteiger partial charge in [0.1, 0.15) is 27.4 Å². The Morgan fingerprint density at radius 3 is 2.23 bits per heavy atom. The van der Waals surface area contributed by atoms with Crippen molar-refractivity contribution in [1.82, 2.24) is 10.2 Å². The topological polar surface area (TPSA) is 129 Å². The van der Waals surface area contributed by atoms with Gasteiger partial charge in [-0.25, -0.2) is 18.1 Å². The standard InChI is InChI=1S/C20H22N4O5S/c1-3-24(14-21)19(25)18(13-30(2,27)28)23-20(26)22-15-9-11-17(12-10-15)29-16-7-5-4-6-8-16/h4-12,18H,3,13H2,1-2H3,(H2,22,23,26). The molecule has 2 aromatic carbocycles. The molecule has 3 amide bonds. The lowest BCUT2D eigenvalue weighted by Crippen LogP contribution is -2.51. The van der Waals surface area contributed by atoms with Gasteiger partial charge >= 0.3 is 6.03 Å². The van der Waals surface area contributed by atoms with E-state index in [0.29, 0.717) is 17.2 Å². The summed E-state index contributed by atoms with van der Waals surface area (Å²) in [6.07, 6.45) is 2.62. The highest BCUT2D eigenvalue weighted by Gasteiger charge is 2.28. The van der Waals surface area contributed by atoms with Crippen LogP contribution in [0.1, 0.15) is 6.92 Å². The molecule has 9 nitrogen and oxygen atoms in total. The third-order valence-electron chi connectivity index (χ3n) is 3.87. The second-order valence-corrected chi connectivity index (χ2v) is 8.55. The first-order valence-electron chi connectivity index (χ1n) is 9.01. The number of nitrogens with one attached hydrogen (secondary N) is 2.